The van der Waals surface area contributed by atoms with Gasteiger partial charge in [0.2, 0.25) is 0 Å². The van der Waals surface area contributed by atoms with E-state index in [9.17, 15) is 5.11 Å². The second-order valence-corrected chi connectivity index (χ2v) is 5.47. The molecular formula is C13H21BrClNO2. The number of rotatable bonds is 5. The number of ether oxygens (including phenoxy) is 1. The Bertz CT molecular complexity index is 374. The van der Waals surface area contributed by atoms with Crippen LogP contribution in [0.3, 0.4) is 0 Å². The van der Waals surface area contributed by atoms with Crippen molar-refractivity contribution in [1.29, 1.82) is 0 Å². The van der Waals surface area contributed by atoms with E-state index in [-0.39, 0.29) is 18.4 Å². The number of halogens is 2. The highest BCUT2D eigenvalue weighted by molar-refractivity contribution is 9.10. The molecule has 104 valence electrons. The molecule has 3 nitrogen and oxygen atoms in total. The van der Waals surface area contributed by atoms with Gasteiger partial charge in [0, 0.05) is 0 Å². The fourth-order valence-electron chi connectivity index (χ4n) is 1.74. The Kier molecular flexibility index (Phi) is 7.87. The highest BCUT2D eigenvalue weighted by Crippen LogP contribution is 2.29. The van der Waals surface area contributed by atoms with Crippen molar-refractivity contribution in [3.8, 4) is 5.75 Å². The summed E-state index contributed by atoms with van der Waals surface area (Å²) in [6, 6.07) is 5.27. The third-order valence-corrected chi connectivity index (χ3v) is 3.31. The van der Waals surface area contributed by atoms with Crippen LogP contribution in [-0.4, -0.2) is 18.3 Å². The molecule has 0 aliphatic carbocycles. The van der Waals surface area contributed by atoms with Crippen molar-refractivity contribution in [2.75, 3.05) is 7.11 Å². The minimum absolute atomic E-state index is 0. The van der Waals surface area contributed by atoms with E-state index >= 15 is 0 Å². The fraction of sp³-hybridized carbons (Fsp3) is 0.538. The maximum Gasteiger partial charge on any atom is 0.133 e. The van der Waals surface area contributed by atoms with E-state index in [4.69, 9.17) is 10.5 Å². The first-order valence-corrected chi connectivity index (χ1v) is 6.52. The van der Waals surface area contributed by atoms with Crippen molar-refractivity contribution in [3.63, 3.8) is 0 Å². The number of benzene rings is 1. The summed E-state index contributed by atoms with van der Waals surface area (Å²) in [6.07, 6.45) is 0.181. The van der Waals surface area contributed by atoms with Crippen molar-refractivity contribution in [2.24, 2.45) is 11.7 Å². The number of hydrogen-bond acceptors (Lipinski definition) is 3. The quantitative estimate of drug-likeness (QED) is 0.866. The molecule has 0 fully saturated rings. The molecule has 0 aromatic heterocycles. The van der Waals surface area contributed by atoms with Crippen molar-refractivity contribution < 1.29 is 9.84 Å². The first kappa shape index (κ1) is 17.7. The van der Waals surface area contributed by atoms with Crippen LogP contribution in [0.5, 0.6) is 5.75 Å². The molecule has 0 radical (unpaired) electrons. The second kappa shape index (κ2) is 8.00. The van der Waals surface area contributed by atoms with Gasteiger partial charge in [0.05, 0.1) is 23.7 Å². The molecule has 0 unspecified atom stereocenters. The summed E-state index contributed by atoms with van der Waals surface area (Å²) >= 11 is 3.41. The van der Waals surface area contributed by atoms with Crippen molar-refractivity contribution in [1.82, 2.24) is 0 Å². The second-order valence-electron chi connectivity index (χ2n) is 4.62. The minimum Gasteiger partial charge on any atom is -0.496 e. The predicted molar refractivity (Wildman–Crippen MR) is 80.3 cm³/mol. The average molecular weight is 339 g/mol. The van der Waals surface area contributed by atoms with Gasteiger partial charge in [-0.3, -0.25) is 0 Å². The molecule has 18 heavy (non-hydrogen) atoms. The highest BCUT2D eigenvalue weighted by atomic mass is 79.9. The van der Waals surface area contributed by atoms with Crippen molar-refractivity contribution in [2.45, 2.75) is 32.4 Å². The van der Waals surface area contributed by atoms with Gasteiger partial charge in [0.1, 0.15) is 5.75 Å². The normalized spacial score (nSPS) is 13.9. The largest absolute Gasteiger partial charge is 0.496 e. The summed E-state index contributed by atoms with van der Waals surface area (Å²) in [6.45, 7) is 4.14. The van der Waals surface area contributed by atoms with Crippen molar-refractivity contribution in [3.05, 3.63) is 28.2 Å². The van der Waals surface area contributed by atoms with Crippen LogP contribution in [0.2, 0.25) is 0 Å². The molecule has 0 spiro atoms. The maximum absolute atomic E-state index is 9.99. The van der Waals surface area contributed by atoms with E-state index < -0.39 is 6.10 Å². The molecule has 1 rings (SSSR count). The number of aliphatic hydroxyl groups excluding tert-OH is 1. The minimum atomic E-state index is -0.518. The first-order valence-electron chi connectivity index (χ1n) is 5.72. The Balaban J connectivity index is 0.00000289. The molecule has 1 aromatic carbocycles. The Morgan fingerprint density at radius 1 is 1.39 bits per heavy atom. The monoisotopic (exact) mass is 337 g/mol. The Morgan fingerprint density at radius 2 is 2.00 bits per heavy atom. The smallest absolute Gasteiger partial charge is 0.133 e. The Labute approximate surface area is 123 Å². The van der Waals surface area contributed by atoms with Crippen LogP contribution in [0, 0.1) is 5.92 Å². The van der Waals surface area contributed by atoms with Gasteiger partial charge >= 0.3 is 0 Å². The lowest BCUT2D eigenvalue weighted by Gasteiger charge is -2.21. The van der Waals surface area contributed by atoms with Gasteiger partial charge in [-0.25, -0.2) is 0 Å². The summed E-state index contributed by atoms with van der Waals surface area (Å²) in [5, 5.41) is 9.99. The van der Waals surface area contributed by atoms with Gasteiger partial charge < -0.3 is 15.6 Å². The zero-order valence-electron chi connectivity index (χ0n) is 10.9. The molecule has 2 atom stereocenters. The Hall–Kier alpha value is -0.290. The van der Waals surface area contributed by atoms with Crippen LogP contribution in [0.4, 0.5) is 0 Å². The molecule has 0 aliphatic heterocycles. The lowest BCUT2D eigenvalue weighted by molar-refractivity contribution is 0.121. The fourth-order valence-corrected chi connectivity index (χ4v) is 2.30. The molecule has 0 amide bonds. The molecule has 0 saturated carbocycles. The molecular weight excluding hydrogens is 318 g/mol. The van der Waals surface area contributed by atoms with Crippen LogP contribution < -0.4 is 10.5 Å². The summed E-state index contributed by atoms with van der Waals surface area (Å²) in [7, 11) is 1.62. The Morgan fingerprint density at radius 3 is 2.44 bits per heavy atom. The topological polar surface area (TPSA) is 55.5 Å². The first-order chi connectivity index (χ1) is 7.95. The SMILES string of the molecule is COc1ccc([C@@H](N)[C@@H](O)CC(C)C)cc1Br.Cl. The van der Waals surface area contributed by atoms with Crippen LogP contribution in [0.1, 0.15) is 31.9 Å². The number of nitrogens with two attached hydrogens (primary N) is 1. The van der Waals surface area contributed by atoms with Crippen LogP contribution in [0.15, 0.2) is 22.7 Å². The van der Waals surface area contributed by atoms with E-state index in [2.05, 4.69) is 29.8 Å². The van der Waals surface area contributed by atoms with E-state index in [0.717, 1.165) is 15.8 Å². The third-order valence-electron chi connectivity index (χ3n) is 2.69. The lowest BCUT2D eigenvalue weighted by atomic mass is 9.95. The molecule has 0 aliphatic rings. The highest BCUT2D eigenvalue weighted by Gasteiger charge is 2.18. The van der Waals surface area contributed by atoms with E-state index in [1.807, 2.05) is 18.2 Å². The summed E-state index contributed by atoms with van der Waals surface area (Å²) < 4.78 is 6.01. The van der Waals surface area contributed by atoms with Gasteiger partial charge in [-0.1, -0.05) is 19.9 Å². The van der Waals surface area contributed by atoms with Gasteiger partial charge in [-0.15, -0.1) is 12.4 Å². The third kappa shape index (κ3) is 4.76. The van der Waals surface area contributed by atoms with E-state index in [1.165, 1.54) is 0 Å². The summed E-state index contributed by atoms with van der Waals surface area (Å²) in [5.74, 6) is 1.19. The number of aliphatic hydroxyl groups is 1. The lowest BCUT2D eigenvalue weighted by Crippen LogP contribution is -2.27. The van der Waals surface area contributed by atoms with Crippen LogP contribution >= 0.6 is 28.3 Å². The van der Waals surface area contributed by atoms with E-state index in [1.54, 1.807) is 7.11 Å². The van der Waals surface area contributed by atoms with Gasteiger partial charge in [0.15, 0.2) is 0 Å². The molecule has 0 saturated heterocycles. The summed E-state index contributed by atoms with van der Waals surface area (Å²) in [5.41, 5.74) is 6.94. The average Bonchev–Trinajstić information content (AvgIpc) is 2.27. The van der Waals surface area contributed by atoms with Gasteiger partial charge in [-0.2, -0.15) is 0 Å². The maximum atomic E-state index is 9.99. The number of methoxy groups -OCH3 is 1. The summed E-state index contributed by atoms with van der Waals surface area (Å²) in [4.78, 5) is 0. The molecule has 0 heterocycles. The molecule has 3 N–H and O–H groups in total. The zero-order valence-corrected chi connectivity index (χ0v) is 13.3. The van der Waals surface area contributed by atoms with Gasteiger partial charge in [-0.05, 0) is 46.0 Å². The van der Waals surface area contributed by atoms with Crippen LogP contribution in [-0.2, 0) is 0 Å². The van der Waals surface area contributed by atoms with E-state index in [0.29, 0.717) is 12.3 Å². The standard InChI is InChI=1S/C13H20BrNO2.ClH/c1-8(2)6-11(16)13(15)9-4-5-12(17-3)10(14)7-9;/h4-5,7-8,11,13,16H,6,15H2,1-3H3;1H/t11-,13+;/m0./s1. The zero-order chi connectivity index (χ0) is 13.0. The van der Waals surface area contributed by atoms with Gasteiger partial charge in [0.25, 0.3) is 0 Å². The van der Waals surface area contributed by atoms with Crippen LogP contribution in [0.25, 0.3) is 0 Å². The predicted octanol–water partition coefficient (Wildman–Crippen LogP) is 3.29. The molecule has 1 aromatic rings. The molecule has 5 heteroatoms. The number of hydrogen-bond donors (Lipinski definition) is 2. The van der Waals surface area contributed by atoms with Crippen molar-refractivity contribution >= 4 is 28.3 Å². The molecule has 0 bridgehead atoms.